The molecule has 0 fully saturated rings. The Kier molecular flexibility index (Phi) is 10.8. The lowest BCUT2D eigenvalue weighted by Gasteiger charge is -2.22. The van der Waals surface area contributed by atoms with Gasteiger partial charge in [-0.3, -0.25) is 9.59 Å². The van der Waals surface area contributed by atoms with Gasteiger partial charge < -0.3 is 31.1 Å². The monoisotopic (exact) mass is 545 g/mol. The van der Waals surface area contributed by atoms with Gasteiger partial charge in [-0.1, -0.05) is 32.3 Å². The first kappa shape index (κ1) is 29.8. The molecule has 1 heterocycles. The highest BCUT2D eigenvalue weighted by atomic mass is 19.1. The molecule has 0 aliphatic heterocycles. The zero-order valence-corrected chi connectivity index (χ0v) is 22.4. The molecule has 3 rings (SSSR count). The summed E-state index contributed by atoms with van der Waals surface area (Å²) in [5.41, 5.74) is 7.55. The number of anilines is 2. The molecule has 0 aliphatic rings. The van der Waals surface area contributed by atoms with Crippen LogP contribution >= 0.6 is 0 Å². The van der Waals surface area contributed by atoms with Crippen molar-refractivity contribution in [2.24, 2.45) is 0 Å². The fraction of sp³-hybridized carbons (Fsp3) is 0.233. The third kappa shape index (κ3) is 8.39. The molecule has 2 amide bonds. The average Bonchev–Trinajstić information content (AvgIpc) is 2.95. The Morgan fingerprint density at radius 3 is 2.52 bits per heavy atom. The number of halogens is 1. The van der Waals surface area contributed by atoms with Crippen LogP contribution < -0.4 is 21.1 Å². The molecule has 1 atom stereocenters. The summed E-state index contributed by atoms with van der Waals surface area (Å²) in [5.74, 6) is 4.59. The molecule has 0 saturated heterocycles. The Morgan fingerprint density at radius 1 is 1.15 bits per heavy atom. The Balaban J connectivity index is 1.69. The average molecular weight is 546 g/mol. The third-order valence-corrected chi connectivity index (χ3v) is 5.89. The lowest BCUT2D eigenvalue weighted by molar-refractivity contribution is -0.111. The lowest BCUT2D eigenvalue weighted by atomic mass is 10.1. The quantitative estimate of drug-likeness (QED) is 0.214. The highest BCUT2D eigenvalue weighted by molar-refractivity contribution is 5.98. The molecule has 1 unspecified atom stereocenters. The van der Waals surface area contributed by atoms with E-state index in [0.29, 0.717) is 17.7 Å². The summed E-state index contributed by atoms with van der Waals surface area (Å²) in [7, 11) is 0. The molecule has 40 heavy (non-hydrogen) atoms. The number of aromatic nitrogens is 1. The number of nitrogens with one attached hydrogen (secondary N) is 2. The summed E-state index contributed by atoms with van der Waals surface area (Å²) in [4.78, 5) is 30.0. The number of nitrogens with zero attached hydrogens (tertiary/aromatic N) is 2. The molecule has 5 N–H and O–H groups in total. The molecular weight excluding hydrogens is 513 g/mol. The number of nitrogens with two attached hydrogens (primary N) is 1. The van der Waals surface area contributed by atoms with Crippen LogP contribution in [0.3, 0.4) is 0 Å². The first-order valence-electron chi connectivity index (χ1n) is 12.7. The fourth-order valence-corrected chi connectivity index (χ4v) is 3.64. The normalized spacial score (nSPS) is 11.2. The van der Waals surface area contributed by atoms with Gasteiger partial charge in [-0.2, -0.15) is 0 Å². The van der Waals surface area contributed by atoms with Gasteiger partial charge >= 0.3 is 0 Å². The number of benzene rings is 2. The van der Waals surface area contributed by atoms with Gasteiger partial charge in [-0.15, -0.1) is 0 Å². The number of aliphatic hydroxyl groups excluding tert-OH is 1. The third-order valence-electron chi connectivity index (χ3n) is 5.89. The molecule has 1 aromatic heterocycles. The highest BCUT2D eigenvalue weighted by Crippen LogP contribution is 2.30. The van der Waals surface area contributed by atoms with E-state index in [2.05, 4.69) is 38.9 Å². The van der Waals surface area contributed by atoms with Gasteiger partial charge in [0.15, 0.2) is 11.6 Å². The van der Waals surface area contributed by atoms with Crippen molar-refractivity contribution in [1.29, 1.82) is 0 Å². The molecule has 0 bridgehead atoms. The molecular formula is C30H32FN5O4. The smallest absolute Gasteiger partial charge is 0.251 e. The lowest BCUT2D eigenvalue weighted by Crippen LogP contribution is -2.40. The number of carbonyl (C=O) groups excluding carboxylic acids is 2. The number of rotatable bonds is 11. The largest absolute Gasteiger partial charge is 0.453 e. The summed E-state index contributed by atoms with van der Waals surface area (Å²) in [6, 6.07) is 12.1. The number of nitrogen functional groups attached to an aromatic ring is 1. The molecule has 10 heteroatoms. The zero-order valence-electron chi connectivity index (χ0n) is 22.4. The maximum atomic E-state index is 14.6. The Morgan fingerprint density at radius 2 is 1.88 bits per heavy atom. The number of carbonyl (C=O) groups is 2. The van der Waals surface area contributed by atoms with Crippen molar-refractivity contribution in [3.63, 3.8) is 0 Å². The van der Waals surface area contributed by atoms with E-state index in [0.717, 1.165) is 25.2 Å². The topological polar surface area (TPSA) is 130 Å². The van der Waals surface area contributed by atoms with Crippen LogP contribution in [0.4, 0.5) is 15.9 Å². The number of hydrogen-bond donors (Lipinski definition) is 4. The van der Waals surface area contributed by atoms with Crippen LogP contribution in [0.1, 0.15) is 35.3 Å². The Labute approximate surface area is 232 Å². The fourth-order valence-electron chi connectivity index (χ4n) is 3.64. The molecule has 0 radical (unpaired) electrons. The highest BCUT2D eigenvalue weighted by Gasteiger charge is 2.13. The number of likely N-dealkylation sites (N-methyl/N-ethyl adjacent to an activating group) is 1. The Hall–Kier alpha value is -4.72. The van der Waals surface area contributed by atoms with Crippen LogP contribution in [-0.4, -0.2) is 59.1 Å². The first-order chi connectivity index (χ1) is 19.2. The number of pyridine rings is 1. The molecule has 208 valence electrons. The van der Waals surface area contributed by atoms with Crippen molar-refractivity contribution < 1.29 is 23.8 Å². The van der Waals surface area contributed by atoms with E-state index in [1.165, 1.54) is 24.4 Å². The number of hydrogen-bond acceptors (Lipinski definition) is 7. The van der Waals surface area contributed by atoms with Gasteiger partial charge in [0.1, 0.15) is 17.1 Å². The zero-order chi connectivity index (χ0) is 29.1. The summed E-state index contributed by atoms with van der Waals surface area (Å²) >= 11 is 0. The SMILES string of the molecule is C=CC(=O)Nc1ccc(Oc2ccnc(N)c2C#Cc2ccc(C(=O)NCC(O)CN(CC)CC)cc2)c(F)c1. The minimum absolute atomic E-state index is 0.0946. The van der Waals surface area contributed by atoms with Crippen molar-refractivity contribution in [3.8, 4) is 23.3 Å². The summed E-state index contributed by atoms with van der Waals surface area (Å²) < 4.78 is 20.4. The van der Waals surface area contributed by atoms with Gasteiger partial charge in [0.25, 0.3) is 5.91 Å². The number of aliphatic hydroxyl groups is 1. The maximum absolute atomic E-state index is 14.6. The number of amides is 2. The molecule has 9 nitrogen and oxygen atoms in total. The first-order valence-corrected chi connectivity index (χ1v) is 12.7. The van der Waals surface area contributed by atoms with E-state index in [4.69, 9.17) is 10.5 Å². The van der Waals surface area contributed by atoms with Gasteiger partial charge in [-0.25, -0.2) is 9.37 Å². The van der Waals surface area contributed by atoms with E-state index in [9.17, 15) is 19.1 Å². The van der Waals surface area contributed by atoms with Crippen LogP contribution in [-0.2, 0) is 4.79 Å². The summed E-state index contributed by atoms with van der Waals surface area (Å²) in [6.07, 6.45) is 1.83. The predicted octanol–water partition coefficient (Wildman–Crippen LogP) is 3.55. The molecule has 0 aliphatic carbocycles. The van der Waals surface area contributed by atoms with E-state index in [-0.39, 0.29) is 41.0 Å². The molecule has 0 saturated carbocycles. The van der Waals surface area contributed by atoms with E-state index in [1.807, 2.05) is 13.8 Å². The second kappa shape index (κ2) is 14.4. The van der Waals surface area contributed by atoms with Gasteiger partial charge in [0.2, 0.25) is 5.91 Å². The second-order valence-corrected chi connectivity index (χ2v) is 8.69. The van der Waals surface area contributed by atoms with Crippen molar-refractivity contribution in [2.75, 3.05) is 37.2 Å². The van der Waals surface area contributed by atoms with Gasteiger partial charge in [-0.05, 0) is 55.6 Å². The van der Waals surface area contributed by atoms with Crippen LogP contribution in [0, 0.1) is 17.7 Å². The standard InChI is InChI=1S/C30H32FN5O4/c1-4-28(38)35-22-12-14-27(25(31)17-22)40-26-15-16-33-29(32)24(26)13-9-20-7-10-21(11-8-20)30(39)34-18-23(37)19-36(5-2)6-3/h4,7-8,10-12,14-17,23,37H,1,5-6,18-19H2,2-3H3,(H2,32,33)(H,34,39)(H,35,38). The van der Waals surface area contributed by atoms with E-state index < -0.39 is 17.8 Å². The van der Waals surface area contributed by atoms with Crippen molar-refractivity contribution in [2.45, 2.75) is 20.0 Å². The van der Waals surface area contributed by atoms with Crippen molar-refractivity contribution in [3.05, 3.63) is 89.9 Å². The van der Waals surface area contributed by atoms with Crippen LogP contribution in [0.25, 0.3) is 0 Å². The van der Waals surface area contributed by atoms with Crippen LogP contribution in [0.2, 0.25) is 0 Å². The van der Waals surface area contributed by atoms with Crippen LogP contribution in [0.5, 0.6) is 11.5 Å². The number of ether oxygens (including phenoxy) is 1. The molecule has 3 aromatic rings. The molecule has 0 spiro atoms. The van der Waals surface area contributed by atoms with Gasteiger partial charge in [0, 0.05) is 48.2 Å². The van der Waals surface area contributed by atoms with Crippen molar-refractivity contribution in [1.82, 2.24) is 15.2 Å². The maximum Gasteiger partial charge on any atom is 0.251 e. The molecule has 2 aromatic carbocycles. The minimum atomic E-state index is -0.703. The second-order valence-electron chi connectivity index (χ2n) is 8.69. The van der Waals surface area contributed by atoms with Crippen LogP contribution in [0.15, 0.2) is 67.4 Å². The summed E-state index contributed by atoms with van der Waals surface area (Å²) in [6.45, 7) is 9.67. The minimum Gasteiger partial charge on any atom is -0.453 e. The predicted molar refractivity (Wildman–Crippen MR) is 153 cm³/mol. The van der Waals surface area contributed by atoms with E-state index in [1.54, 1.807) is 24.3 Å². The summed E-state index contributed by atoms with van der Waals surface area (Å²) in [5, 5.41) is 15.4. The Bertz CT molecular complexity index is 1410. The van der Waals surface area contributed by atoms with Crippen molar-refractivity contribution >= 4 is 23.3 Å². The van der Waals surface area contributed by atoms with E-state index >= 15 is 0 Å². The van der Waals surface area contributed by atoms with Gasteiger partial charge in [0.05, 0.1) is 6.10 Å².